The van der Waals surface area contributed by atoms with Gasteiger partial charge in [0.05, 0.1) is 11.3 Å². The van der Waals surface area contributed by atoms with Crippen molar-refractivity contribution in [3.63, 3.8) is 0 Å². The molecular weight excluding hydrogens is 342 g/mol. The van der Waals surface area contributed by atoms with Crippen molar-refractivity contribution in [2.75, 3.05) is 5.75 Å². The van der Waals surface area contributed by atoms with E-state index in [-0.39, 0.29) is 5.75 Å². The number of nitrogens with two attached hydrogens (primary N) is 1. The van der Waals surface area contributed by atoms with E-state index in [0.29, 0.717) is 25.0 Å². The Hall–Kier alpha value is -2.07. The molecule has 0 spiro atoms. The lowest BCUT2D eigenvalue weighted by molar-refractivity contribution is 0.580. The Morgan fingerprint density at radius 2 is 1.96 bits per heavy atom. The predicted octanol–water partition coefficient (Wildman–Crippen LogP) is 1.11. The zero-order valence-corrected chi connectivity index (χ0v) is 15.5. The van der Waals surface area contributed by atoms with Gasteiger partial charge in [-0.1, -0.05) is 6.92 Å². The largest absolute Gasteiger partial charge is 0.328 e. The summed E-state index contributed by atoms with van der Waals surface area (Å²) in [5, 5.41) is 17.0. The lowest BCUT2D eigenvalue weighted by Gasteiger charge is -2.11. The summed E-state index contributed by atoms with van der Waals surface area (Å²) in [6, 6.07) is 0. The molecule has 10 heteroatoms. The quantitative estimate of drug-likeness (QED) is 0.626. The van der Waals surface area contributed by atoms with Gasteiger partial charge in [-0.05, 0) is 49.1 Å². The average Bonchev–Trinajstić information content (AvgIpc) is 3.14. The van der Waals surface area contributed by atoms with Crippen LogP contribution in [-0.4, -0.2) is 43.8 Å². The van der Waals surface area contributed by atoms with E-state index in [1.54, 1.807) is 4.52 Å². The molecule has 0 aliphatic heterocycles. The van der Waals surface area contributed by atoms with Crippen molar-refractivity contribution in [3.05, 3.63) is 17.1 Å². The summed E-state index contributed by atoms with van der Waals surface area (Å²) in [5.74, 6) is 0.978. The minimum absolute atomic E-state index is 0.000899. The third-order valence-electron chi connectivity index (χ3n) is 4.48. The molecule has 0 amide bonds. The van der Waals surface area contributed by atoms with E-state index in [2.05, 4.69) is 27.0 Å². The molecule has 9 nitrogen and oxygen atoms in total. The summed E-state index contributed by atoms with van der Waals surface area (Å²) in [7, 11) is -3.42. The molecule has 3 aromatic heterocycles. The number of unbranched alkanes of at least 4 members (excludes halogenated alkanes) is 1. The van der Waals surface area contributed by atoms with E-state index < -0.39 is 10.0 Å². The first kappa shape index (κ1) is 17.7. The van der Waals surface area contributed by atoms with Gasteiger partial charge in [0, 0.05) is 18.7 Å². The first-order chi connectivity index (χ1) is 11.8. The van der Waals surface area contributed by atoms with Crippen LogP contribution >= 0.6 is 0 Å². The van der Waals surface area contributed by atoms with Gasteiger partial charge in [0.15, 0.2) is 0 Å². The van der Waals surface area contributed by atoms with E-state index in [1.165, 1.54) is 0 Å². The topological polar surface area (TPSA) is 121 Å². The van der Waals surface area contributed by atoms with Crippen LogP contribution in [0.2, 0.25) is 0 Å². The van der Waals surface area contributed by atoms with E-state index >= 15 is 0 Å². The van der Waals surface area contributed by atoms with Gasteiger partial charge < -0.3 is 4.57 Å². The summed E-state index contributed by atoms with van der Waals surface area (Å²) in [6.07, 6.45) is 3.06. The average molecular weight is 365 g/mol. The maximum Gasteiger partial charge on any atom is 0.209 e. The third kappa shape index (κ3) is 3.36. The van der Waals surface area contributed by atoms with Crippen LogP contribution in [0.3, 0.4) is 0 Å². The van der Waals surface area contributed by atoms with Crippen molar-refractivity contribution in [2.45, 2.75) is 53.0 Å². The number of nitrogens with zero attached hydrogens (tertiary/aromatic N) is 6. The fourth-order valence-corrected chi connectivity index (χ4v) is 3.76. The molecule has 0 atom stereocenters. The molecule has 0 aliphatic rings. The van der Waals surface area contributed by atoms with Crippen LogP contribution in [0.25, 0.3) is 16.7 Å². The van der Waals surface area contributed by atoms with Crippen LogP contribution < -0.4 is 5.14 Å². The molecule has 0 radical (unpaired) electrons. The molecule has 0 bridgehead atoms. The number of sulfonamides is 1. The van der Waals surface area contributed by atoms with Gasteiger partial charge in [-0.3, -0.25) is 0 Å². The zero-order chi connectivity index (χ0) is 18.2. The van der Waals surface area contributed by atoms with Crippen molar-refractivity contribution in [1.82, 2.24) is 29.6 Å². The molecule has 0 unspecified atom stereocenters. The van der Waals surface area contributed by atoms with Crippen LogP contribution in [0.5, 0.6) is 0 Å². The van der Waals surface area contributed by atoms with Crippen LogP contribution in [0.15, 0.2) is 0 Å². The van der Waals surface area contributed by atoms with Gasteiger partial charge in [0.2, 0.25) is 15.7 Å². The molecule has 0 fully saturated rings. The summed E-state index contributed by atoms with van der Waals surface area (Å²) in [5.41, 5.74) is 4.53. The van der Waals surface area contributed by atoms with Crippen LogP contribution in [-0.2, 0) is 23.0 Å². The van der Waals surface area contributed by atoms with E-state index in [9.17, 15) is 8.42 Å². The number of imidazole rings is 1. The predicted molar refractivity (Wildman–Crippen MR) is 94.8 cm³/mol. The minimum Gasteiger partial charge on any atom is -0.328 e. The molecule has 2 N–H and O–H groups in total. The lowest BCUT2D eigenvalue weighted by atomic mass is 10.2. The third-order valence-corrected chi connectivity index (χ3v) is 5.34. The number of pyridine rings is 1. The fraction of sp³-hybridized carbons (Fsp3) is 0.600. The van der Waals surface area contributed by atoms with Crippen LogP contribution in [0.1, 0.15) is 43.3 Å². The number of aromatic nitrogens is 6. The molecule has 0 aliphatic carbocycles. The maximum absolute atomic E-state index is 11.1. The maximum atomic E-state index is 11.1. The Morgan fingerprint density at radius 1 is 1.20 bits per heavy atom. The molecule has 25 heavy (non-hydrogen) atoms. The second-order valence-corrected chi connectivity index (χ2v) is 8.06. The minimum atomic E-state index is -3.42. The Balaban J connectivity index is 2.05. The molecule has 136 valence electrons. The summed E-state index contributed by atoms with van der Waals surface area (Å²) in [6.45, 7) is 6.82. The van der Waals surface area contributed by atoms with Gasteiger partial charge in [0.1, 0.15) is 11.3 Å². The number of primary sulfonamides is 1. The Labute approximate surface area is 146 Å². The molecular formula is C15H23N7O2S. The second kappa shape index (κ2) is 6.68. The second-order valence-electron chi connectivity index (χ2n) is 6.33. The number of fused-ring (bicyclic) bond motifs is 3. The molecule has 3 rings (SSSR count). The number of tetrazole rings is 1. The summed E-state index contributed by atoms with van der Waals surface area (Å²) in [4.78, 5) is 4.79. The number of rotatable bonds is 7. The Kier molecular flexibility index (Phi) is 4.74. The van der Waals surface area contributed by atoms with Crippen molar-refractivity contribution < 1.29 is 8.42 Å². The molecule has 0 saturated carbocycles. The van der Waals surface area contributed by atoms with Crippen molar-refractivity contribution in [1.29, 1.82) is 0 Å². The molecule has 0 saturated heterocycles. The normalized spacial score (nSPS) is 12.5. The SMILES string of the molecule is CCCc1nc2c(c(C)c(C)n3nnnc23)n1CCCCS(N)(=O)=O. The first-order valence-electron chi connectivity index (χ1n) is 8.40. The summed E-state index contributed by atoms with van der Waals surface area (Å²) >= 11 is 0. The number of hydrogen-bond donors (Lipinski definition) is 1. The van der Waals surface area contributed by atoms with Gasteiger partial charge >= 0.3 is 0 Å². The van der Waals surface area contributed by atoms with Crippen molar-refractivity contribution in [3.8, 4) is 0 Å². The highest BCUT2D eigenvalue weighted by atomic mass is 32.2. The fourth-order valence-electron chi connectivity index (χ4n) is 3.15. The molecule has 3 heterocycles. The van der Waals surface area contributed by atoms with Gasteiger partial charge in [0.25, 0.3) is 0 Å². The van der Waals surface area contributed by atoms with E-state index in [0.717, 1.165) is 41.0 Å². The zero-order valence-electron chi connectivity index (χ0n) is 14.7. The molecule has 3 aromatic rings. The standard InChI is InChI=1S/C15H23N7O2S/c1-4-7-12-17-13-14(21(12)8-5-6-9-25(16,23)24)10(2)11(3)22-15(13)18-19-20-22/h4-9H2,1-3H3,(H2,16,23,24). The van der Waals surface area contributed by atoms with E-state index in [1.807, 2.05) is 13.8 Å². The highest BCUT2D eigenvalue weighted by molar-refractivity contribution is 7.89. The highest BCUT2D eigenvalue weighted by Gasteiger charge is 2.19. The van der Waals surface area contributed by atoms with Gasteiger partial charge in [-0.15, -0.1) is 5.10 Å². The Morgan fingerprint density at radius 3 is 2.64 bits per heavy atom. The van der Waals surface area contributed by atoms with Gasteiger partial charge in [-0.25, -0.2) is 18.5 Å². The highest BCUT2D eigenvalue weighted by Crippen LogP contribution is 2.26. The molecule has 0 aromatic carbocycles. The number of hydrogen-bond acceptors (Lipinski definition) is 6. The van der Waals surface area contributed by atoms with Gasteiger partial charge in [-0.2, -0.15) is 4.52 Å². The van der Waals surface area contributed by atoms with Crippen LogP contribution in [0.4, 0.5) is 0 Å². The van der Waals surface area contributed by atoms with Crippen LogP contribution in [0, 0.1) is 13.8 Å². The smallest absolute Gasteiger partial charge is 0.209 e. The van der Waals surface area contributed by atoms with E-state index in [4.69, 9.17) is 10.1 Å². The first-order valence-corrected chi connectivity index (χ1v) is 10.1. The lowest BCUT2D eigenvalue weighted by Crippen LogP contribution is -2.17. The number of aryl methyl sites for hydroxylation is 4. The Bertz CT molecular complexity index is 1020. The van der Waals surface area contributed by atoms with Crippen molar-refractivity contribution in [2.24, 2.45) is 5.14 Å². The monoisotopic (exact) mass is 365 g/mol. The summed E-state index contributed by atoms with van der Waals surface area (Å²) < 4.78 is 26.1. The van der Waals surface area contributed by atoms with Crippen molar-refractivity contribution >= 4 is 26.7 Å².